The summed E-state index contributed by atoms with van der Waals surface area (Å²) in [6, 6.07) is 11.1. The summed E-state index contributed by atoms with van der Waals surface area (Å²) < 4.78 is 16.0. The van der Waals surface area contributed by atoms with Crippen molar-refractivity contribution in [3.63, 3.8) is 0 Å². The summed E-state index contributed by atoms with van der Waals surface area (Å²) in [4.78, 5) is 19.4. The molecule has 0 spiro atoms. The van der Waals surface area contributed by atoms with Gasteiger partial charge in [-0.15, -0.1) is 0 Å². The van der Waals surface area contributed by atoms with Crippen LogP contribution in [0, 0.1) is 5.92 Å². The standard InChI is InChI=1S/C20H24N2O4/c1-24-13-14-11-22(12-17(14)18-6-4-5-9-21-18)20(23)16-8-7-15(25-2)10-19(16)26-3/h4-10,14,17H,11-13H2,1-3H3. The van der Waals surface area contributed by atoms with Crippen LogP contribution in [-0.2, 0) is 4.74 Å². The molecule has 1 aliphatic rings. The fourth-order valence-corrected chi connectivity index (χ4v) is 3.50. The lowest BCUT2D eigenvalue weighted by Crippen LogP contribution is -2.29. The van der Waals surface area contributed by atoms with Crippen LogP contribution in [0.3, 0.4) is 0 Å². The van der Waals surface area contributed by atoms with Crippen LogP contribution in [0.25, 0.3) is 0 Å². The van der Waals surface area contributed by atoms with Crippen LogP contribution in [0.1, 0.15) is 22.0 Å². The van der Waals surface area contributed by atoms with Gasteiger partial charge in [-0.2, -0.15) is 0 Å². The summed E-state index contributed by atoms with van der Waals surface area (Å²) in [7, 11) is 4.83. The van der Waals surface area contributed by atoms with Gasteiger partial charge in [0, 0.05) is 50.0 Å². The second-order valence-corrected chi connectivity index (χ2v) is 6.35. The summed E-state index contributed by atoms with van der Waals surface area (Å²) in [6.45, 7) is 1.83. The molecule has 1 aromatic heterocycles. The molecule has 3 rings (SSSR count). The second kappa shape index (κ2) is 8.19. The Hall–Kier alpha value is -2.60. The maximum Gasteiger partial charge on any atom is 0.257 e. The number of pyridine rings is 1. The summed E-state index contributed by atoms with van der Waals surface area (Å²) in [5.41, 5.74) is 1.53. The quantitative estimate of drug-likeness (QED) is 0.796. The van der Waals surface area contributed by atoms with Crippen molar-refractivity contribution in [3.8, 4) is 11.5 Å². The molecule has 0 aliphatic carbocycles. The molecule has 2 heterocycles. The molecule has 6 heteroatoms. The van der Waals surface area contributed by atoms with Gasteiger partial charge in [-0.25, -0.2) is 0 Å². The SMILES string of the molecule is COCC1CN(C(=O)c2ccc(OC)cc2OC)CC1c1ccccn1. The van der Waals surface area contributed by atoms with Gasteiger partial charge < -0.3 is 19.1 Å². The Morgan fingerprint density at radius 3 is 2.65 bits per heavy atom. The largest absolute Gasteiger partial charge is 0.497 e. The molecular weight excluding hydrogens is 332 g/mol. The van der Waals surface area contributed by atoms with E-state index in [9.17, 15) is 4.79 Å². The molecule has 138 valence electrons. The summed E-state index contributed by atoms with van der Waals surface area (Å²) in [6.07, 6.45) is 1.79. The van der Waals surface area contributed by atoms with Gasteiger partial charge in [0.2, 0.25) is 0 Å². The molecule has 0 N–H and O–H groups in total. The van der Waals surface area contributed by atoms with E-state index in [0.717, 1.165) is 5.69 Å². The van der Waals surface area contributed by atoms with Crippen LogP contribution >= 0.6 is 0 Å². The van der Waals surface area contributed by atoms with Crippen molar-refractivity contribution in [2.75, 3.05) is 41.0 Å². The molecule has 2 atom stereocenters. The average Bonchev–Trinajstić information content (AvgIpc) is 3.11. The highest BCUT2D eigenvalue weighted by molar-refractivity contribution is 5.97. The van der Waals surface area contributed by atoms with Crippen LogP contribution in [0.15, 0.2) is 42.6 Å². The van der Waals surface area contributed by atoms with Gasteiger partial charge in [0.1, 0.15) is 11.5 Å². The van der Waals surface area contributed by atoms with Crippen molar-refractivity contribution in [2.24, 2.45) is 5.92 Å². The molecule has 1 aliphatic heterocycles. The van der Waals surface area contributed by atoms with Gasteiger partial charge in [-0.1, -0.05) is 6.07 Å². The summed E-state index contributed by atoms with van der Waals surface area (Å²) in [5, 5.41) is 0. The molecule has 1 aromatic carbocycles. The first kappa shape index (κ1) is 18.2. The van der Waals surface area contributed by atoms with E-state index in [1.54, 1.807) is 45.7 Å². The molecular formula is C20H24N2O4. The lowest BCUT2D eigenvalue weighted by molar-refractivity contribution is 0.0772. The van der Waals surface area contributed by atoms with E-state index >= 15 is 0 Å². The molecule has 26 heavy (non-hydrogen) atoms. The third-order valence-electron chi connectivity index (χ3n) is 4.82. The average molecular weight is 356 g/mol. The highest BCUT2D eigenvalue weighted by Gasteiger charge is 2.37. The van der Waals surface area contributed by atoms with Crippen molar-refractivity contribution in [2.45, 2.75) is 5.92 Å². The zero-order valence-corrected chi connectivity index (χ0v) is 15.3. The van der Waals surface area contributed by atoms with E-state index in [1.807, 2.05) is 23.1 Å². The molecule has 2 aromatic rings. The lowest BCUT2D eigenvalue weighted by atomic mass is 9.93. The van der Waals surface area contributed by atoms with E-state index in [-0.39, 0.29) is 17.7 Å². The Bertz CT molecular complexity index is 751. The number of carbonyl (C=O) groups excluding carboxylic acids is 1. The summed E-state index contributed by atoms with van der Waals surface area (Å²) >= 11 is 0. The van der Waals surface area contributed by atoms with Gasteiger partial charge >= 0.3 is 0 Å². The summed E-state index contributed by atoms with van der Waals surface area (Å²) in [5.74, 6) is 1.49. The number of benzene rings is 1. The minimum Gasteiger partial charge on any atom is -0.497 e. The monoisotopic (exact) mass is 356 g/mol. The third-order valence-corrected chi connectivity index (χ3v) is 4.82. The normalized spacial score (nSPS) is 19.4. The van der Waals surface area contributed by atoms with E-state index in [0.29, 0.717) is 36.8 Å². The fourth-order valence-electron chi connectivity index (χ4n) is 3.50. The topological polar surface area (TPSA) is 60.9 Å². The van der Waals surface area contributed by atoms with Crippen LogP contribution in [-0.4, -0.2) is 56.8 Å². The predicted octanol–water partition coefficient (Wildman–Crippen LogP) is 2.60. The Morgan fingerprint density at radius 2 is 2.00 bits per heavy atom. The highest BCUT2D eigenvalue weighted by Crippen LogP contribution is 2.34. The second-order valence-electron chi connectivity index (χ2n) is 6.35. The molecule has 2 unspecified atom stereocenters. The molecule has 0 radical (unpaired) electrons. The molecule has 1 saturated heterocycles. The number of carbonyl (C=O) groups is 1. The molecule has 6 nitrogen and oxygen atoms in total. The lowest BCUT2D eigenvalue weighted by Gasteiger charge is -2.18. The first-order valence-electron chi connectivity index (χ1n) is 8.59. The molecule has 0 bridgehead atoms. The van der Waals surface area contributed by atoms with Crippen LogP contribution < -0.4 is 9.47 Å². The number of likely N-dealkylation sites (tertiary alicyclic amines) is 1. The molecule has 1 fully saturated rings. The van der Waals surface area contributed by atoms with Crippen molar-refractivity contribution < 1.29 is 19.0 Å². The van der Waals surface area contributed by atoms with Crippen molar-refractivity contribution in [3.05, 3.63) is 53.9 Å². The number of hydrogen-bond acceptors (Lipinski definition) is 5. The van der Waals surface area contributed by atoms with E-state index in [2.05, 4.69) is 4.98 Å². The first-order chi connectivity index (χ1) is 12.7. The Labute approximate surface area is 153 Å². The molecule has 1 amide bonds. The smallest absolute Gasteiger partial charge is 0.257 e. The maximum atomic E-state index is 13.1. The zero-order valence-electron chi connectivity index (χ0n) is 15.3. The van der Waals surface area contributed by atoms with Gasteiger partial charge in [-0.3, -0.25) is 9.78 Å². The number of aromatic nitrogens is 1. The van der Waals surface area contributed by atoms with E-state index in [1.165, 1.54) is 0 Å². The van der Waals surface area contributed by atoms with Crippen molar-refractivity contribution >= 4 is 5.91 Å². The minimum absolute atomic E-state index is 0.0518. The minimum atomic E-state index is -0.0518. The Balaban J connectivity index is 1.84. The van der Waals surface area contributed by atoms with Crippen molar-refractivity contribution in [1.82, 2.24) is 9.88 Å². The first-order valence-corrected chi connectivity index (χ1v) is 8.59. The van der Waals surface area contributed by atoms with Gasteiger partial charge in [0.25, 0.3) is 5.91 Å². The van der Waals surface area contributed by atoms with E-state index < -0.39 is 0 Å². The molecule has 0 saturated carbocycles. The fraction of sp³-hybridized carbons (Fsp3) is 0.400. The maximum absolute atomic E-state index is 13.1. The number of rotatable bonds is 6. The van der Waals surface area contributed by atoms with E-state index in [4.69, 9.17) is 14.2 Å². The highest BCUT2D eigenvalue weighted by atomic mass is 16.5. The van der Waals surface area contributed by atoms with Gasteiger partial charge in [0.15, 0.2) is 0 Å². The number of nitrogens with zero attached hydrogens (tertiary/aromatic N) is 2. The van der Waals surface area contributed by atoms with Gasteiger partial charge in [0.05, 0.1) is 26.4 Å². The third kappa shape index (κ3) is 3.65. The van der Waals surface area contributed by atoms with Crippen molar-refractivity contribution in [1.29, 1.82) is 0 Å². The Kier molecular flexibility index (Phi) is 5.73. The predicted molar refractivity (Wildman–Crippen MR) is 97.8 cm³/mol. The van der Waals surface area contributed by atoms with Crippen LogP contribution in [0.2, 0.25) is 0 Å². The number of ether oxygens (including phenoxy) is 3. The Morgan fingerprint density at radius 1 is 1.15 bits per heavy atom. The van der Waals surface area contributed by atoms with Gasteiger partial charge in [-0.05, 0) is 24.3 Å². The number of amides is 1. The zero-order chi connectivity index (χ0) is 18.5. The number of methoxy groups -OCH3 is 3. The number of hydrogen-bond donors (Lipinski definition) is 0. The van der Waals surface area contributed by atoms with Crippen LogP contribution in [0.4, 0.5) is 0 Å². The van der Waals surface area contributed by atoms with Crippen LogP contribution in [0.5, 0.6) is 11.5 Å².